The molecule has 3 aromatic carbocycles. The Labute approximate surface area is 191 Å². The van der Waals surface area contributed by atoms with Crippen LogP contribution < -0.4 is 0 Å². The number of ether oxygens (including phenoxy) is 1. The zero-order valence-corrected chi connectivity index (χ0v) is 18.9. The minimum absolute atomic E-state index is 0.160. The van der Waals surface area contributed by atoms with Gasteiger partial charge in [-0.1, -0.05) is 54.1 Å². The second kappa shape index (κ2) is 8.61. The Kier molecular flexibility index (Phi) is 5.86. The molecule has 0 saturated carbocycles. The van der Waals surface area contributed by atoms with Crippen molar-refractivity contribution in [3.63, 3.8) is 0 Å². The number of nitrogens with zero attached hydrogens (tertiary/aromatic N) is 2. The van der Waals surface area contributed by atoms with Gasteiger partial charge in [0, 0.05) is 16.8 Å². The maximum Gasteiger partial charge on any atom is 0.358 e. The highest BCUT2D eigenvalue weighted by atomic mass is 35.5. The summed E-state index contributed by atoms with van der Waals surface area (Å²) in [6, 6.07) is 23.1. The number of carbonyl (C=O) groups is 1. The maximum absolute atomic E-state index is 12.1. The van der Waals surface area contributed by atoms with Gasteiger partial charge < -0.3 is 4.74 Å². The Balaban J connectivity index is 1.79. The van der Waals surface area contributed by atoms with Crippen molar-refractivity contribution >= 4 is 27.4 Å². The minimum atomic E-state index is -3.30. The van der Waals surface area contributed by atoms with Crippen molar-refractivity contribution in [3.8, 4) is 28.1 Å². The van der Waals surface area contributed by atoms with Gasteiger partial charge in [-0.15, -0.1) is 0 Å². The molecule has 0 atom stereocenters. The second-order valence-corrected chi connectivity index (χ2v) is 9.57. The number of methoxy groups -OCH3 is 1. The summed E-state index contributed by atoms with van der Waals surface area (Å²) in [5.41, 5.74) is 3.86. The van der Waals surface area contributed by atoms with Gasteiger partial charge in [0.25, 0.3) is 0 Å². The molecule has 0 bridgehead atoms. The van der Waals surface area contributed by atoms with Crippen LogP contribution in [0, 0.1) is 0 Å². The Morgan fingerprint density at radius 2 is 1.66 bits per heavy atom. The van der Waals surface area contributed by atoms with Crippen LogP contribution in [0.25, 0.3) is 28.1 Å². The molecule has 0 N–H and O–H groups in total. The molecule has 0 saturated heterocycles. The van der Waals surface area contributed by atoms with Crippen LogP contribution in [0.4, 0.5) is 0 Å². The Hall–Kier alpha value is -3.42. The molecule has 32 heavy (non-hydrogen) atoms. The van der Waals surface area contributed by atoms with Crippen molar-refractivity contribution in [3.05, 3.63) is 89.6 Å². The Bertz CT molecular complexity index is 1410. The molecular weight excluding hydrogens is 448 g/mol. The van der Waals surface area contributed by atoms with E-state index in [0.717, 1.165) is 16.7 Å². The Morgan fingerprint density at radius 1 is 0.938 bits per heavy atom. The lowest BCUT2D eigenvalue weighted by molar-refractivity contribution is 0.0593. The molecule has 0 spiro atoms. The largest absolute Gasteiger partial charge is 0.464 e. The summed E-state index contributed by atoms with van der Waals surface area (Å²) in [6.07, 6.45) is 1.18. The molecule has 4 aromatic rings. The predicted octanol–water partition coefficient (Wildman–Crippen LogP) is 5.05. The Morgan fingerprint density at radius 3 is 2.31 bits per heavy atom. The summed E-state index contributed by atoms with van der Waals surface area (Å²) in [5, 5.41) is 4.95. The van der Waals surface area contributed by atoms with E-state index >= 15 is 0 Å². The van der Waals surface area contributed by atoms with Gasteiger partial charge in [0.2, 0.25) is 0 Å². The lowest BCUT2D eigenvalue weighted by Gasteiger charge is -2.10. The summed E-state index contributed by atoms with van der Waals surface area (Å²) in [5.74, 6) is -0.550. The highest BCUT2D eigenvalue weighted by Gasteiger charge is 2.18. The molecule has 0 fully saturated rings. The summed E-state index contributed by atoms with van der Waals surface area (Å²) >= 11 is 6.39. The van der Waals surface area contributed by atoms with Gasteiger partial charge in [-0.3, -0.25) is 0 Å². The molecule has 0 radical (unpaired) electrons. The van der Waals surface area contributed by atoms with Gasteiger partial charge >= 0.3 is 5.97 Å². The van der Waals surface area contributed by atoms with Crippen LogP contribution in [0.3, 0.4) is 0 Å². The van der Waals surface area contributed by atoms with E-state index in [0.29, 0.717) is 16.4 Å². The van der Waals surface area contributed by atoms with E-state index in [1.807, 2.05) is 48.5 Å². The van der Waals surface area contributed by atoms with E-state index in [4.69, 9.17) is 16.3 Å². The van der Waals surface area contributed by atoms with Crippen LogP contribution >= 0.6 is 11.6 Å². The maximum atomic E-state index is 12.1. The minimum Gasteiger partial charge on any atom is -0.464 e. The normalized spacial score (nSPS) is 11.3. The van der Waals surface area contributed by atoms with Crippen molar-refractivity contribution in [1.82, 2.24) is 9.78 Å². The second-order valence-electron chi connectivity index (χ2n) is 7.14. The fourth-order valence-corrected chi connectivity index (χ4v) is 4.24. The van der Waals surface area contributed by atoms with Crippen LogP contribution in [-0.2, 0) is 14.6 Å². The van der Waals surface area contributed by atoms with E-state index in [2.05, 4.69) is 5.10 Å². The van der Waals surface area contributed by atoms with E-state index in [9.17, 15) is 13.2 Å². The lowest BCUT2D eigenvalue weighted by Crippen LogP contribution is -2.04. The smallest absolute Gasteiger partial charge is 0.358 e. The quantitative estimate of drug-likeness (QED) is 0.384. The van der Waals surface area contributed by atoms with Crippen molar-refractivity contribution in [2.24, 2.45) is 0 Å². The number of hydrogen-bond donors (Lipinski definition) is 0. The third kappa shape index (κ3) is 4.30. The van der Waals surface area contributed by atoms with Gasteiger partial charge in [0.15, 0.2) is 15.5 Å². The van der Waals surface area contributed by atoms with Crippen molar-refractivity contribution in [1.29, 1.82) is 0 Å². The van der Waals surface area contributed by atoms with Gasteiger partial charge in [0.1, 0.15) is 0 Å². The van der Waals surface area contributed by atoms with Gasteiger partial charge in [0.05, 0.1) is 23.4 Å². The van der Waals surface area contributed by atoms with E-state index in [-0.39, 0.29) is 10.6 Å². The lowest BCUT2D eigenvalue weighted by atomic mass is 10.1. The first-order chi connectivity index (χ1) is 15.3. The van der Waals surface area contributed by atoms with E-state index in [1.165, 1.54) is 13.4 Å². The molecule has 0 amide bonds. The summed E-state index contributed by atoms with van der Waals surface area (Å²) in [7, 11) is -2.00. The van der Waals surface area contributed by atoms with Gasteiger partial charge in [-0.25, -0.2) is 17.9 Å². The van der Waals surface area contributed by atoms with Crippen LogP contribution in [0.2, 0.25) is 5.02 Å². The molecule has 8 heteroatoms. The predicted molar refractivity (Wildman–Crippen MR) is 124 cm³/mol. The monoisotopic (exact) mass is 466 g/mol. The average molecular weight is 467 g/mol. The summed E-state index contributed by atoms with van der Waals surface area (Å²) < 4.78 is 30.2. The van der Waals surface area contributed by atoms with Gasteiger partial charge in [-0.05, 0) is 47.5 Å². The average Bonchev–Trinajstić information content (AvgIpc) is 3.24. The molecule has 0 aliphatic heterocycles. The fraction of sp³-hybridized carbons (Fsp3) is 0.0833. The van der Waals surface area contributed by atoms with Crippen molar-refractivity contribution in [2.45, 2.75) is 4.90 Å². The highest BCUT2D eigenvalue weighted by molar-refractivity contribution is 7.90. The first kappa shape index (κ1) is 21.8. The molecule has 0 aliphatic rings. The number of hydrogen-bond acceptors (Lipinski definition) is 5. The summed E-state index contributed by atoms with van der Waals surface area (Å²) in [4.78, 5) is 12.4. The third-order valence-electron chi connectivity index (χ3n) is 4.96. The van der Waals surface area contributed by atoms with Crippen molar-refractivity contribution in [2.75, 3.05) is 13.4 Å². The number of sulfone groups is 1. The molecular formula is C24H19ClN2O4S. The zero-order chi connectivity index (χ0) is 22.9. The first-order valence-corrected chi connectivity index (χ1v) is 11.9. The number of benzene rings is 3. The van der Waals surface area contributed by atoms with E-state index < -0.39 is 15.8 Å². The van der Waals surface area contributed by atoms with E-state index in [1.54, 1.807) is 35.0 Å². The van der Waals surface area contributed by atoms with Crippen LogP contribution in [0.15, 0.2) is 83.8 Å². The highest BCUT2D eigenvalue weighted by Crippen LogP contribution is 2.31. The van der Waals surface area contributed by atoms with Crippen LogP contribution in [0.1, 0.15) is 10.5 Å². The topological polar surface area (TPSA) is 78.3 Å². The SMILES string of the molecule is COC(=O)c1cc(-c2ccccc2Cl)n(-c2ccc(-c3cccc(S(C)(=O)=O)c3)cc2)n1. The number of halogens is 1. The number of carbonyl (C=O) groups excluding carboxylic acids is 1. The van der Waals surface area contributed by atoms with Crippen LogP contribution in [0.5, 0.6) is 0 Å². The molecule has 1 aromatic heterocycles. The first-order valence-electron chi connectivity index (χ1n) is 9.62. The third-order valence-corrected chi connectivity index (χ3v) is 6.40. The van der Waals surface area contributed by atoms with Crippen molar-refractivity contribution < 1.29 is 17.9 Å². The number of rotatable bonds is 5. The molecule has 1 heterocycles. The standard InChI is InChI=1S/C24H19ClN2O4S/c1-31-24(28)22-15-23(20-8-3-4-9-21(20)25)27(26-22)18-12-10-16(11-13-18)17-6-5-7-19(14-17)32(2,29)30/h3-15H,1-2H3. The molecule has 0 aliphatic carbocycles. The van der Waals surface area contributed by atoms with Crippen LogP contribution in [-0.4, -0.2) is 37.5 Å². The van der Waals surface area contributed by atoms with Gasteiger partial charge in [-0.2, -0.15) is 5.10 Å². The fourth-order valence-electron chi connectivity index (χ4n) is 3.34. The molecule has 6 nitrogen and oxygen atoms in total. The molecule has 162 valence electrons. The summed E-state index contributed by atoms with van der Waals surface area (Å²) in [6.45, 7) is 0. The number of esters is 1. The molecule has 4 rings (SSSR count). The number of aromatic nitrogens is 2. The zero-order valence-electron chi connectivity index (χ0n) is 17.3. The molecule has 0 unspecified atom stereocenters.